The van der Waals surface area contributed by atoms with Gasteiger partial charge in [0.25, 0.3) is 0 Å². The minimum atomic E-state index is -0.113. The molecule has 0 aliphatic carbocycles. The minimum Gasteiger partial charge on any atom is -0.376 e. The Bertz CT molecular complexity index is 504. The van der Waals surface area contributed by atoms with Crippen molar-refractivity contribution < 1.29 is 4.79 Å². The van der Waals surface area contributed by atoms with Crippen molar-refractivity contribution >= 4 is 28.9 Å². The van der Waals surface area contributed by atoms with Crippen LogP contribution in [0.4, 0.5) is 11.4 Å². The zero-order chi connectivity index (χ0) is 15.4. The molecule has 0 bridgehead atoms. The van der Waals surface area contributed by atoms with Crippen LogP contribution in [0.2, 0.25) is 5.02 Å². The maximum absolute atomic E-state index is 12.5. The molecule has 1 amide bonds. The molecule has 2 rings (SSSR count). The third-order valence-electron chi connectivity index (χ3n) is 4.10. The summed E-state index contributed by atoms with van der Waals surface area (Å²) in [5, 5.41) is 6.95. The van der Waals surface area contributed by atoms with Gasteiger partial charge in [0, 0.05) is 19.1 Å². The van der Waals surface area contributed by atoms with Crippen LogP contribution in [-0.2, 0) is 4.79 Å². The number of carbonyl (C=O) groups excluding carboxylic acids is 1. The molecular formula is C16H24ClN3O. The van der Waals surface area contributed by atoms with E-state index in [1.807, 2.05) is 31.1 Å². The van der Waals surface area contributed by atoms with Crippen LogP contribution >= 0.6 is 11.6 Å². The van der Waals surface area contributed by atoms with Gasteiger partial charge in [0.1, 0.15) is 0 Å². The van der Waals surface area contributed by atoms with E-state index in [1.165, 1.54) is 0 Å². The van der Waals surface area contributed by atoms with Crippen molar-refractivity contribution in [3.63, 3.8) is 0 Å². The Balaban J connectivity index is 2.10. The van der Waals surface area contributed by atoms with Crippen LogP contribution in [0.3, 0.4) is 0 Å². The zero-order valence-electron chi connectivity index (χ0n) is 12.9. The molecule has 1 heterocycles. The van der Waals surface area contributed by atoms with Crippen LogP contribution in [-0.4, -0.2) is 32.6 Å². The van der Waals surface area contributed by atoms with E-state index in [9.17, 15) is 4.79 Å². The van der Waals surface area contributed by atoms with Gasteiger partial charge in [-0.1, -0.05) is 24.9 Å². The Morgan fingerprint density at radius 3 is 2.90 bits per heavy atom. The van der Waals surface area contributed by atoms with Crippen molar-refractivity contribution in [3.8, 4) is 0 Å². The number of carbonyl (C=O) groups is 1. The fraction of sp³-hybridized carbons (Fsp3) is 0.562. The van der Waals surface area contributed by atoms with Crippen LogP contribution in [0.15, 0.2) is 18.2 Å². The summed E-state index contributed by atoms with van der Waals surface area (Å²) in [4.78, 5) is 14.4. The summed E-state index contributed by atoms with van der Waals surface area (Å²) >= 11 is 6.05. The molecule has 0 aromatic heterocycles. The maximum Gasteiger partial charge on any atom is 0.241 e. The predicted molar refractivity (Wildman–Crippen MR) is 89.2 cm³/mol. The van der Waals surface area contributed by atoms with Gasteiger partial charge in [-0.05, 0) is 43.5 Å². The Morgan fingerprint density at radius 1 is 1.48 bits per heavy atom. The van der Waals surface area contributed by atoms with Crippen LogP contribution in [0.25, 0.3) is 0 Å². The van der Waals surface area contributed by atoms with E-state index in [2.05, 4.69) is 17.6 Å². The standard InChI is InChI=1S/C16H24ClN3O/c1-4-11-7-8-18-14(9-11)16(21)19-13-10-12(17)5-6-15(13)20(2)3/h5-6,10-11,14,18H,4,7-9H2,1-3H3,(H,19,21). The van der Waals surface area contributed by atoms with E-state index in [1.54, 1.807) is 6.07 Å². The number of hydrogen-bond acceptors (Lipinski definition) is 3. The number of halogens is 1. The van der Waals surface area contributed by atoms with Gasteiger partial charge in [-0.25, -0.2) is 0 Å². The van der Waals surface area contributed by atoms with Crippen molar-refractivity contribution in [2.45, 2.75) is 32.2 Å². The number of piperidine rings is 1. The number of nitrogens with zero attached hydrogens (tertiary/aromatic N) is 1. The van der Waals surface area contributed by atoms with Crippen LogP contribution in [0, 0.1) is 5.92 Å². The lowest BCUT2D eigenvalue weighted by molar-refractivity contribution is -0.119. The number of anilines is 2. The Morgan fingerprint density at radius 2 is 2.24 bits per heavy atom. The molecule has 1 aromatic rings. The molecule has 1 saturated heterocycles. The van der Waals surface area contributed by atoms with Gasteiger partial charge in [0.15, 0.2) is 0 Å². The first-order valence-corrected chi connectivity index (χ1v) is 7.90. The van der Waals surface area contributed by atoms with Crippen molar-refractivity contribution in [2.24, 2.45) is 5.92 Å². The molecule has 0 spiro atoms. The molecule has 2 atom stereocenters. The van der Waals surface area contributed by atoms with Crippen molar-refractivity contribution in [1.29, 1.82) is 0 Å². The summed E-state index contributed by atoms with van der Waals surface area (Å²) < 4.78 is 0. The smallest absolute Gasteiger partial charge is 0.241 e. The second-order valence-corrected chi connectivity index (χ2v) is 6.29. The van der Waals surface area contributed by atoms with Crippen molar-refractivity contribution in [2.75, 3.05) is 30.9 Å². The molecule has 1 aliphatic rings. The third-order valence-corrected chi connectivity index (χ3v) is 4.34. The monoisotopic (exact) mass is 309 g/mol. The fourth-order valence-electron chi connectivity index (χ4n) is 2.78. The molecule has 0 radical (unpaired) electrons. The molecule has 0 saturated carbocycles. The highest BCUT2D eigenvalue weighted by molar-refractivity contribution is 6.31. The molecule has 4 nitrogen and oxygen atoms in total. The first kappa shape index (κ1) is 16.1. The average molecular weight is 310 g/mol. The first-order valence-electron chi connectivity index (χ1n) is 7.52. The number of amides is 1. The number of benzene rings is 1. The largest absolute Gasteiger partial charge is 0.376 e. The molecule has 1 fully saturated rings. The average Bonchev–Trinajstić information content (AvgIpc) is 2.47. The highest BCUT2D eigenvalue weighted by Crippen LogP contribution is 2.28. The van der Waals surface area contributed by atoms with Gasteiger partial charge in [0.2, 0.25) is 5.91 Å². The summed E-state index contributed by atoms with van der Waals surface area (Å²) in [5.74, 6) is 0.660. The quantitative estimate of drug-likeness (QED) is 0.898. The lowest BCUT2D eigenvalue weighted by atomic mass is 9.90. The Kier molecular flexibility index (Phi) is 5.48. The molecule has 21 heavy (non-hydrogen) atoms. The van der Waals surface area contributed by atoms with E-state index < -0.39 is 0 Å². The normalized spacial score (nSPS) is 21.9. The van der Waals surface area contributed by atoms with E-state index in [0.29, 0.717) is 10.9 Å². The van der Waals surface area contributed by atoms with Crippen LogP contribution in [0.5, 0.6) is 0 Å². The highest BCUT2D eigenvalue weighted by Gasteiger charge is 2.26. The van der Waals surface area contributed by atoms with Crippen molar-refractivity contribution in [1.82, 2.24) is 5.32 Å². The van der Waals surface area contributed by atoms with Gasteiger partial charge in [-0.2, -0.15) is 0 Å². The summed E-state index contributed by atoms with van der Waals surface area (Å²) in [6, 6.07) is 5.44. The SMILES string of the molecule is CCC1CCNC(C(=O)Nc2cc(Cl)ccc2N(C)C)C1. The summed E-state index contributed by atoms with van der Waals surface area (Å²) in [6.07, 6.45) is 3.19. The second kappa shape index (κ2) is 7.14. The molecule has 5 heteroatoms. The van der Waals surface area contributed by atoms with E-state index >= 15 is 0 Å². The third kappa shape index (κ3) is 4.11. The molecule has 1 aromatic carbocycles. The van der Waals surface area contributed by atoms with Crippen molar-refractivity contribution in [3.05, 3.63) is 23.2 Å². The molecule has 2 unspecified atom stereocenters. The predicted octanol–water partition coefficient (Wildman–Crippen LogP) is 3.12. The van der Waals surface area contributed by atoms with Crippen LogP contribution in [0.1, 0.15) is 26.2 Å². The van der Waals surface area contributed by atoms with Gasteiger partial charge in [0.05, 0.1) is 17.4 Å². The molecule has 116 valence electrons. The van der Waals surface area contributed by atoms with Gasteiger partial charge >= 0.3 is 0 Å². The Hall–Kier alpha value is -1.26. The minimum absolute atomic E-state index is 0.0264. The molecular weight excluding hydrogens is 286 g/mol. The number of hydrogen-bond donors (Lipinski definition) is 2. The summed E-state index contributed by atoms with van der Waals surface area (Å²) in [5.41, 5.74) is 1.72. The fourth-order valence-corrected chi connectivity index (χ4v) is 2.96. The van der Waals surface area contributed by atoms with Gasteiger partial charge in [-0.3, -0.25) is 4.79 Å². The van der Waals surface area contributed by atoms with E-state index in [-0.39, 0.29) is 11.9 Å². The van der Waals surface area contributed by atoms with Gasteiger partial charge in [-0.15, -0.1) is 0 Å². The molecule has 2 N–H and O–H groups in total. The zero-order valence-corrected chi connectivity index (χ0v) is 13.7. The number of nitrogens with one attached hydrogen (secondary N) is 2. The van der Waals surface area contributed by atoms with Crippen LogP contribution < -0.4 is 15.5 Å². The van der Waals surface area contributed by atoms with E-state index in [0.717, 1.165) is 37.2 Å². The first-order chi connectivity index (χ1) is 10.0. The summed E-state index contributed by atoms with van der Waals surface area (Å²) in [6.45, 7) is 3.10. The Labute approximate surface area is 131 Å². The number of rotatable bonds is 4. The lowest BCUT2D eigenvalue weighted by Crippen LogP contribution is -2.46. The van der Waals surface area contributed by atoms with Gasteiger partial charge < -0.3 is 15.5 Å². The maximum atomic E-state index is 12.5. The topological polar surface area (TPSA) is 44.4 Å². The molecule has 1 aliphatic heterocycles. The summed E-state index contributed by atoms with van der Waals surface area (Å²) in [7, 11) is 3.90. The lowest BCUT2D eigenvalue weighted by Gasteiger charge is -2.29. The second-order valence-electron chi connectivity index (χ2n) is 5.85. The highest BCUT2D eigenvalue weighted by atomic mass is 35.5. The van der Waals surface area contributed by atoms with E-state index in [4.69, 9.17) is 11.6 Å².